The fraction of sp³-hybridized carbons (Fsp3) is 0.750. The molecule has 10 nitrogen and oxygen atoms in total. The summed E-state index contributed by atoms with van der Waals surface area (Å²) in [5, 5.41) is 0. The summed E-state index contributed by atoms with van der Waals surface area (Å²) in [6.07, 6.45) is 15.7. The molecule has 0 rings (SSSR count). The summed E-state index contributed by atoms with van der Waals surface area (Å²) in [7, 11) is 1.09. The van der Waals surface area contributed by atoms with Crippen LogP contribution in [-0.2, 0) is 37.5 Å². The average Bonchev–Trinajstić information content (AvgIpc) is 2.83. The third-order valence-electron chi connectivity index (χ3n) is 5.51. The molecule has 39 heavy (non-hydrogen) atoms. The molecule has 0 saturated carbocycles. The molecule has 0 aromatic heterocycles. The van der Waals surface area contributed by atoms with Gasteiger partial charge >= 0.3 is 11.9 Å². The number of esters is 2. The highest BCUT2D eigenvalue weighted by atomic mass is 31.2. The van der Waals surface area contributed by atoms with Gasteiger partial charge in [0.2, 0.25) is 0 Å². The van der Waals surface area contributed by atoms with Crippen LogP contribution in [-0.4, -0.2) is 75.8 Å². The number of unbranched alkanes of at least 4 members (excludes halogenated alkanes) is 7. The summed E-state index contributed by atoms with van der Waals surface area (Å²) < 4.78 is 32.4. The van der Waals surface area contributed by atoms with Crippen LogP contribution in [0.5, 0.6) is 0 Å². The van der Waals surface area contributed by atoms with Gasteiger partial charge in [-0.3, -0.25) is 18.9 Å². The highest BCUT2D eigenvalue weighted by Crippen LogP contribution is 2.38. The lowest BCUT2D eigenvalue weighted by atomic mass is 10.1. The Labute approximate surface area is 234 Å². The zero-order valence-electron chi connectivity index (χ0n) is 24.6. The van der Waals surface area contributed by atoms with Gasteiger partial charge in [0, 0.05) is 19.8 Å². The molecule has 0 fully saturated rings. The fourth-order valence-electron chi connectivity index (χ4n) is 3.24. The van der Waals surface area contributed by atoms with E-state index in [1.54, 1.807) is 12.2 Å². The number of ketones is 1. The molecule has 226 valence electrons. The predicted octanol–water partition coefficient (Wildman–Crippen LogP) is 4.66. The largest absolute Gasteiger partial charge is 0.756 e. The molecule has 0 aliphatic carbocycles. The molecule has 0 heterocycles. The van der Waals surface area contributed by atoms with Crippen molar-refractivity contribution in [2.24, 2.45) is 0 Å². The molecule has 0 N–H and O–H groups in total. The van der Waals surface area contributed by atoms with Crippen molar-refractivity contribution < 1.29 is 46.8 Å². The lowest BCUT2D eigenvalue weighted by Gasteiger charge is -2.28. The van der Waals surface area contributed by atoms with E-state index in [2.05, 4.69) is 6.92 Å². The summed E-state index contributed by atoms with van der Waals surface area (Å²) in [5.74, 6) is -0.925. The number of ether oxygens (including phenoxy) is 2. The van der Waals surface area contributed by atoms with Crippen LogP contribution in [0.2, 0.25) is 0 Å². The van der Waals surface area contributed by atoms with Crippen molar-refractivity contribution in [2.45, 2.75) is 90.6 Å². The number of quaternary nitrogens is 1. The quantitative estimate of drug-likeness (QED) is 0.0403. The van der Waals surface area contributed by atoms with Crippen LogP contribution in [0.15, 0.2) is 24.3 Å². The average molecular weight is 576 g/mol. The van der Waals surface area contributed by atoms with E-state index in [1.165, 1.54) is 6.92 Å². The Morgan fingerprint density at radius 2 is 1.56 bits per heavy atom. The number of hydrogen-bond acceptors (Lipinski definition) is 9. The number of hydrogen-bond donors (Lipinski definition) is 0. The SMILES string of the molecule is CCCCCC(=O)/C=C/C=C\CCCCCCCC(=O)O[C@H](COC(C)=O)COP(=O)([O-])OCC[N+](C)(C)C. The lowest BCUT2D eigenvalue weighted by molar-refractivity contribution is -0.870. The van der Waals surface area contributed by atoms with E-state index in [9.17, 15) is 23.8 Å². The van der Waals surface area contributed by atoms with Gasteiger partial charge in [-0.2, -0.15) is 0 Å². The highest BCUT2D eigenvalue weighted by molar-refractivity contribution is 7.45. The van der Waals surface area contributed by atoms with Gasteiger partial charge < -0.3 is 27.9 Å². The predicted molar refractivity (Wildman–Crippen MR) is 149 cm³/mol. The van der Waals surface area contributed by atoms with Gasteiger partial charge in [-0.05, 0) is 31.8 Å². The Morgan fingerprint density at radius 3 is 2.23 bits per heavy atom. The van der Waals surface area contributed by atoms with Gasteiger partial charge in [0.1, 0.15) is 19.8 Å². The second-order valence-electron chi connectivity index (χ2n) is 10.5. The van der Waals surface area contributed by atoms with Gasteiger partial charge in [-0.25, -0.2) is 0 Å². The molecule has 0 aliphatic rings. The molecule has 0 aliphatic heterocycles. The van der Waals surface area contributed by atoms with Crippen molar-refractivity contribution >= 4 is 25.5 Å². The molecule has 0 saturated heterocycles. The minimum Gasteiger partial charge on any atom is -0.756 e. The number of allylic oxidation sites excluding steroid dienone is 4. The first-order valence-corrected chi connectivity index (χ1v) is 15.4. The molecule has 0 bridgehead atoms. The molecule has 0 amide bonds. The lowest BCUT2D eigenvalue weighted by Crippen LogP contribution is -2.37. The van der Waals surface area contributed by atoms with Gasteiger partial charge in [-0.15, -0.1) is 0 Å². The molecule has 0 spiro atoms. The van der Waals surface area contributed by atoms with E-state index in [0.717, 1.165) is 51.4 Å². The molecule has 0 aromatic carbocycles. The zero-order valence-corrected chi connectivity index (χ0v) is 25.5. The topological polar surface area (TPSA) is 128 Å². The van der Waals surface area contributed by atoms with Crippen LogP contribution in [0, 0.1) is 0 Å². The molecule has 2 atom stereocenters. The smallest absolute Gasteiger partial charge is 0.306 e. The van der Waals surface area contributed by atoms with E-state index < -0.39 is 32.5 Å². The van der Waals surface area contributed by atoms with Crippen LogP contribution in [0.25, 0.3) is 0 Å². The molecule has 0 aromatic rings. The van der Waals surface area contributed by atoms with E-state index in [1.807, 2.05) is 33.3 Å². The number of rotatable bonds is 24. The van der Waals surface area contributed by atoms with Gasteiger partial charge in [0.15, 0.2) is 11.9 Å². The molecule has 11 heteroatoms. The van der Waals surface area contributed by atoms with Crippen molar-refractivity contribution in [1.82, 2.24) is 0 Å². The standard InChI is InChI=1S/C28H50NO9P/c1-6-7-15-18-26(31)19-16-13-11-9-8-10-12-14-17-20-28(32)38-27(23-35-25(2)30)24-37-39(33,34)36-22-21-29(3,4)5/h11,13,16,19,27H,6-10,12,14-15,17-18,20-24H2,1-5H3/b13-11-,19-16+/t27-/m1/s1. The van der Waals surface area contributed by atoms with Crippen LogP contribution in [0.1, 0.15) is 84.5 Å². The Balaban J connectivity index is 4.18. The van der Waals surface area contributed by atoms with Crippen molar-refractivity contribution in [3.63, 3.8) is 0 Å². The molecule has 1 unspecified atom stereocenters. The first-order chi connectivity index (χ1) is 18.3. The van der Waals surface area contributed by atoms with Crippen molar-refractivity contribution in [1.29, 1.82) is 0 Å². The van der Waals surface area contributed by atoms with Gasteiger partial charge in [0.05, 0.1) is 27.7 Å². The van der Waals surface area contributed by atoms with Crippen molar-refractivity contribution in [3.8, 4) is 0 Å². The van der Waals surface area contributed by atoms with E-state index in [-0.39, 0.29) is 25.4 Å². The second kappa shape index (κ2) is 21.9. The van der Waals surface area contributed by atoms with Crippen molar-refractivity contribution in [3.05, 3.63) is 24.3 Å². The molecular formula is C28H50NO9P. The highest BCUT2D eigenvalue weighted by Gasteiger charge is 2.21. The summed E-state index contributed by atoms with van der Waals surface area (Å²) in [4.78, 5) is 47.0. The Kier molecular flexibility index (Phi) is 20.9. The maximum atomic E-state index is 12.2. The van der Waals surface area contributed by atoms with Crippen molar-refractivity contribution in [2.75, 3.05) is 47.5 Å². The van der Waals surface area contributed by atoms with Crippen LogP contribution in [0.3, 0.4) is 0 Å². The number of carbonyl (C=O) groups is 3. The number of likely N-dealkylation sites (N-methyl/N-ethyl adjacent to an activating group) is 1. The minimum absolute atomic E-state index is 0.0494. The third kappa shape index (κ3) is 26.2. The van der Waals surface area contributed by atoms with Crippen LogP contribution < -0.4 is 4.89 Å². The first kappa shape index (κ1) is 37.2. The number of phosphoric acid groups is 1. The maximum absolute atomic E-state index is 12.2. The van der Waals surface area contributed by atoms with Gasteiger partial charge in [-0.1, -0.05) is 57.3 Å². The van der Waals surface area contributed by atoms with Crippen LogP contribution >= 0.6 is 7.82 Å². The summed E-state index contributed by atoms with van der Waals surface area (Å²) in [6.45, 7) is 2.91. The zero-order chi connectivity index (χ0) is 29.6. The number of carbonyl (C=O) groups excluding carboxylic acids is 3. The van der Waals surface area contributed by atoms with E-state index in [0.29, 0.717) is 23.9 Å². The Hall–Kier alpha value is -1.84. The summed E-state index contributed by atoms with van der Waals surface area (Å²) in [6, 6.07) is 0. The Bertz CT molecular complexity index is 805. The fourth-order valence-corrected chi connectivity index (χ4v) is 3.97. The first-order valence-electron chi connectivity index (χ1n) is 13.9. The summed E-state index contributed by atoms with van der Waals surface area (Å²) >= 11 is 0. The third-order valence-corrected chi connectivity index (χ3v) is 6.47. The molecule has 0 radical (unpaired) electrons. The van der Waals surface area contributed by atoms with Gasteiger partial charge in [0.25, 0.3) is 7.82 Å². The van der Waals surface area contributed by atoms with Crippen LogP contribution in [0.4, 0.5) is 0 Å². The Morgan fingerprint density at radius 1 is 0.897 bits per heavy atom. The minimum atomic E-state index is -4.59. The van der Waals surface area contributed by atoms with E-state index in [4.69, 9.17) is 18.5 Å². The monoisotopic (exact) mass is 575 g/mol. The second-order valence-corrected chi connectivity index (χ2v) is 11.9. The number of phosphoric ester groups is 1. The summed E-state index contributed by atoms with van der Waals surface area (Å²) in [5.41, 5.74) is 0. The normalized spacial score (nSPS) is 14.4. The maximum Gasteiger partial charge on any atom is 0.306 e. The molecular weight excluding hydrogens is 525 g/mol. The van der Waals surface area contributed by atoms with E-state index >= 15 is 0 Å². The number of nitrogens with zero attached hydrogens (tertiary/aromatic N) is 1.